The third-order valence-corrected chi connectivity index (χ3v) is 5.77. The first kappa shape index (κ1) is 20.6. The van der Waals surface area contributed by atoms with Gasteiger partial charge in [0.15, 0.2) is 4.90 Å². The summed E-state index contributed by atoms with van der Waals surface area (Å²) in [5, 5.41) is 12.1. The first-order chi connectivity index (χ1) is 13.5. The summed E-state index contributed by atoms with van der Waals surface area (Å²) in [7, 11) is 0. The van der Waals surface area contributed by atoms with Crippen molar-refractivity contribution in [2.75, 3.05) is 12.9 Å². The van der Waals surface area contributed by atoms with Crippen LogP contribution in [0.25, 0.3) is 0 Å². The Balaban J connectivity index is 1.75. The number of amides is 1. The number of hydrogen-bond donors (Lipinski definition) is 2. The number of nitrogens with one attached hydrogen (secondary N) is 1. The summed E-state index contributed by atoms with van der Waals surface area (Å²) in [6, 6.07) is 7.71. The Kier molecular flexibility index (Phi) is 6.88. The smallest absolute Gasteiger partial charge is 0.257 e. The highest BCUT2D eigenvalue weighted by Crippen LogP contribution is 2.27. The summed E-state index contributed by atoms with van der Waals surface area (Å²) >= 11 is -1.18. The number of rotatable bonds is 6. The number of aromatic nitrogens is 1. The fourth-order valence-electron chi connectivity index (χ4n) is 3.25. The molecule has 0 aliphatic heterocycles. The van der Waals surface area contributed by atoms with E-state index in [4.69, 9.17) is 4.74 Å². The topological polar surface area (TPSA) is 94.5 Å². The number of aliphatic hydroxyl groups excluding tert-OH is 1. The third kappa shape index (κ3) is 5.21. The molecule has 1 fully saturated rings. The molecule has 1 aliphatic carbocycles. The van der Waals surface area contributed by atoms with Gasteiger partial charge < -0.3 is 19.7 Å². The van der Waals surface area contributed by atoms with Crippen LogP contribution in [-0.4, -0.2) is 39.5 Å². The Morgan fingerprint density at radius 3 is 2.79 bits per heavy atom. The fraction of sp³-hybridized carbons (Fsp3) is 0.400. The average Bonchev–Trinajstić information content (AvgIpc) is 2.70. The quantitative estimate of drug-likeness (QED) is 0.719. The van der Waals surface area contributed by atoms with Gasteiger partial charge in [-0.3, -0.25) is 4.79 Å². The first-order valence-corrected chi connectivity index (χ1v) is 10.7. The number of hydrogen-bond acceptors (Lipinski definition) is 5. The molecule has 6 nitrogen and oxygen atoms in total. The maximum Gasteiger partial charge on any atom is 0.257 e. The second-order valence-corrected chi connectivity index (χ2v) is 8.29. The van der Waals surface area contributed by atoms with E-state index in [9.17, 15) is 18.8 Å². The summed E-state index contributed by atoms with van der Waals surface area (Å²) in [5.74, 6) is -0.458. The van der Waals surface area contributed by atoms with Gasteiger partial charge in [0.2, 0.25) is 5.88 Å². The van der Waals surface area contributed by atoms with Crippen molar-refractivity contribution in [1.29, 1.82) is 0 Å². The number of halogens is 1. The number of ether oxygens (including phenoxy) is 1. The van der Waals surface area contributed by atoms with Gasteiger partial charge in [0, 0.05) is 18.7 Å². The molecule has 1 atom stereocenters. The molecule has 1 saturated carbocycles. The predicted octanol–water partition coefficient (Wildman–Crippen LogP) is 3.03. The zero-order valence-corrected chi connectivity index (χ0v) is 16.4. The van der Waals surface area contributed by atoms with E-state index < -0.39 is 22.9 Å². The molecule has 150 valence electrons. The lowest BCUT2D eigenvalue weighted by Gasteiger charge is -2.28. The van der Waals surface area contributed by atoms with Crippen LogP contribution in [0.1, 0.15) is 36.0 Å². The van der Waals surface area contributed by atoms with Crippen molar-refractivity contribution in [1.82, 2.24) is 10.3 Å². The Morgan fingerprint density at radius 1 is 1.36 bits per heavy atom. The molecule has 2 aromatic rings. The number of nitrogens with zero attached hydrogens (tertiary/aromatic N) is 1. The van der Waals surface area contributed by atoms with Crippen LogP contribution in [0, 0.1) is 11.7 Å². The van der Waals surface area contributed by atoms with Gasteiger partial charge in [-0.15, -0.1) is 0 Å². The summed E-state index contributed by atoms with van der Waals surface area (Å²) in [5.41, 5.74) is 0.00676. The van der Waals surface area contributed by atoms with Crippen LogP contribution in [-0.2, 0) is 11.2 Å². The molecular formula is C20H23FN2O4S. The van der Waals surface area contributed by atoms with E-state index in [1.165, 1.54) is 0 Å². The molecule has 1 aromatic carbocycles. The third-order valence-electron chi connectivity index (χ3n) is 4.85. The van der Waals surface area contributed by atoms with E-state index in [0.29, 0.717) is 10.6 Å². The minimum absolute atomic E-state index is 0.00676. The molecule has 28 heavy (non-hydrogen) atoms. The second-order valence-electron chi connectivity index (χ2n) is 6.91. The molecule has 1 amide bonds. The van der Waals surface area contributed by atoms with Crippen molar-refractivity contribution >= 4 is 17.1 Å². The fourth-order valence-corrected chi connectivity index (χ4v) is 3.80. The largest absolute Gasteiger partial charge is 0.612 e. The van der Waals surface area contributed by atoms with E-state index in [1.807, 2.05) is 0 Å². The standard InChI is InChI=1S/C20H23FN2O4S/c1-28(26)17-4-2-3-16(10-17)27-20-18(9-14(21)11-22-20)19(25)23-15-7-5-13(12-24)6-8-15/h2-4,9-11,13,15,24H,5-8,12H2,1H3,(H,23,25)/t13-,15+,28?. The SMILES string of the molecule is C[S+]([O-])c1cccc(Oc2ncc(F)cc2C(=O)N[C@H]2CC[C@@H](CO)CC2)c1. The number of carbonyl (C=O) groups is 1. The van der Waals surface area contributed by atoms with Crippen molar-refractivity contribution < 1.29 is 23.6 Å². The lowest BCUT2D eigenvalue weighted by molar-refractivity contribution is 0.0910. The monoisotopic (exact) mass is 406 g/mol. The molecule has 0 saturated heterocycles. The number of aliphatic hydroxyl groups is 1. The van der Waals surface area contributed by atoms with Gasteiger partial charge in [0.05, 0.1) is 6.20 Å². The molecule has 8 heteroatoms. The summed E-state index contributed by atoms with van der Waals surface area (Å²) in [6.07, 6.45) is 5.75. The van der Waals surface area contributed by atoms with E-state index in [1.54, 1.807) is 30.5 Å². The number of benzene rings is 1. The molecule has 1 unspecified atom stereocenters. The molecule has 0 spiro atoms. The van der Waals surface area contributed by atoms with Crippen LogP contribution in [0.15, 0.2) is 41.4 Å². The highest BCUT2D eigenvalue weighted by atomic mass is 32.2. The van der Waals surface area contributed by atoms with Crippen LogP contribution in [0.5, 0.6) is 11.6 Å². The molecule has 1 aromatic heterocycles. The Hall–Kier alpha value is -2.16. The molecule has 0 bridgehead atoms. The van der Waals surface area contributed by atoms with Crippen molar-refractivity contribution in [3.63, 3.8) is 0 Å². The second kappa shape index (κ2) is 9.36. The van der Waals surface area contributed by atoms with Crippen LogP contribution in [0.3, 0.4) is 0 Å². The zero-order chi connectivity index (χ0) is 20.1. The van der Waals surface area contributed by atoms with Crippen LogP contribution >= 0.6 is 0 Å². The average molecular weight is 406 g/mol. The van der Waals surface area contributed by atoms with E-state index in [-0.39, 0.29) is 30.0 Å². The van der Waals surface area contributed by atoms with Crippen molar-refractivity contribution in [2.24, 2.45) is 5.92 Å². The minimum Gasteiger partial charge on any atom is -0.612 e. The van der Waals surface area contributed by atoms with E-state index >= 15 is 0 Å². The lowest BCUT2D eigenvalue weighted by atomic mass is 9.86. The highest BCUT2D eigenvalue weighted by molar-refractivity contribution is 7.90. The van der Waals surface area contributed by atoms with Gasteiger partial charge in [0.1, 0.15) is 23.4 Å². The summed E-state index contributed by atoms with van der Waals surface area (Å²) < 4.78 is 31.1. The molecule has 0 radical (unpaired) electrons. The van der Waals surface area contributed by atoms with Crippen LogP contribution < -0.4 is 10.1 Å². The minimum atomic E-state index is -1.18. The van der Waals surface area contributed by atoms with Gasteiger partial charge in [-0.1, -0.05) is 6.07 Å². The van der Waals surface area contributed by atoms with Crippen LogP contribution in [0.2, 0.25) is 0 Å². The Bertz CT molecular complexity index is 826. The summed E-state index contributed by atoms with van der Waals surface area (Å²) in [6.45, 7) is 0.161. The predicted molar refractivity (Wildman–Crippen MR) is 103 cm³/mol. The molecule has 3 rings (SSSR count). The van der Waals surface area contributed by atoms with E-state index in [0.717, 1.165) is 37.9 Å². The van der Waals surface area contributed by atoms with E-state index in [2.05, 4.69) is 10.3 Å². The van der Waals surface area contributed by atoms with Gasteiger partial charge in [0.25, 0.3) is 5.91 Å². The van der Waals surface area contributed by atoms with Gasteiger partial charge >= 0.3 is 0 Å². The molecule has 1 aliphatic rings. The van der Waals surface area contributed by atoms with Gasteiger partial charge in [-0.2, -0.15) is 0 Å². The Labute approximate surface area is 166 Å². The van der Waals surface area contributed by atoms with Crippen molar-refractivity contribution in [2.45, 2.75) is 36.6 Å². The van der Waals surface area contributed by atoms with Crippen molar-refractivity contribution in [3.05, 3.63) is 47.9 Å². The van der Waals surface area contributed by atoms with Crippen LogP contribution in [0.4, 0.5) is 4.39 Å². The maximum atomic E-state index is 13.7. The van der Waals surface area contributed by atoms with Gasteiger partial charge in [-0.05, 0) is 61.0 Å². The Morgan fingerprint density at radius 2 is 2.11 bits per heavy atom. The molecular weight excluding hydrogens is 383 g/mol. The number of pyridine rings is 1. The van der Waals surface area contributed by atoms with Crippen molar-refractivity contribution in [3.8, 4) is 11.6 Å². The molecule has 1 heterocycles. The lowest BCUT2D eigenvalue weighted by Crippen LogP contribution is -2.38. The zero-order valence-electron chi connectivity index (χ0n) is 15.6. The normalized spacial score (nSPS) is 20.4. The van der Waals surface area contributed by atoms with Gasteiger partial charge in [-0.25, -0.2) is 9.37 Å². The molecule has 2 N–H and O–H groups in total. The first-order valence-electron chi connectivity index (χ1n) is 9.15. The number of carbonyl (C=O) groups excluding carboxylic acids is 1. The highest BCUT2D eigenvalue weighted by Gasteiger charge is 2.24. The maximum absolute atomic E-state index is 13.7. The summed E-state index contributed by atoms with van der Waals surface area (Å²) in [4.78, 5) is 17.2.